The van der Waals surface area contributed by atoms with E-state index < -0.39 is 0 Å². The zero-order valence-corrected chi connectivity index (χ0v) is 8.04. The van der Waals surface area contributed by atoms with Crippen LogP contribution in [0.25, 0.3) is 0 Å². The Labute approximate surface area is 79.3 Å². The fourth-order valence-corrected chi connectivity index (χ4v) is 2.90. The van der Waals surface area contributed by atoms with Gasteiger partial charge in [0.1, 0.15) is 0 Å². The quantitative estimate of drug-likeness (QED) is 0.684. The van der Waals surface area contributed by atoms with Crippen LogP contribution in [0.3, 0.4) is 0 Å². The van der Waals surface area contributed by atoms with Crippen molar-refractivity contribution in [2.45, 2.75) is 38.1 Å². The van der Waals surface area contributed by atoms with Gasteiger partial charge in [0.15, 0.2) is 0 Å². The summed E-state index contributed by atoms with van der Waals surface area (Å²) in [5, 5.41) is 0. The minimum atomic E-state index is -0.175. The lowest BCUT2D eigenvalue weighted by atomic mass is 9.85. The minimum Gasteiger partial charge on any atom is -0.369 e. The van der Waals surface area contributed by atoms with Crippen LogP contribution < -0.4 is 5.73 Å². The van der Waals surface area contributed by atoms with E-state index in [0.29, 0.717) is 12.6 Å². The van der Waals surface area contributed by atoms with E-state index in [1.807, 2.05) is 0 Å². The second kappa shape index (κ2) is 3.66. The highest BCUT2D eigenvalue weighted by Crippen LogP contribution is 2.35. The van der Waals surface area contributed by atoms with Crippen LogP contribution in [0.15, 0.2) is 0 Å². The van der Waals surface area contributed by atoms with Gasteiger partial charge in [0.2, 0.25) is 5.91 Å². The Morgan fingerprint density at radius 2 is 2.08 bits per heavy atom. The number of fused-ring (bicyclic) bond motifs is 1. The van der Waals surface area contributed by atoms with Gasteiger partial charge in [-0.2, -0.15) is 0 Å². The molecule has 0 aromatic carbocycles. The Kier molecular flexibility index (Phi) is 2.54. The molecule has 2 unspecified atom stereocenters. The van der Waals surface area contributed by atoms with Crippen molar-refractivity contribution < 1.29 is 4.79 Å². The number of carbonyl (C=O) groups is 1. The van der Waals surface area contributed by atoms with E-state index in [4.69, 9.17) is 5.73 Å². The van der Waals surface area contributed by atoms with Gasteiger partial charge >= 0.3 is 0 Å². The van der Waals surface area contributed by atoms with Gasteiger partial charge < -0.3 is 5.73 Å². The van der Waals surface area contributed by atoms with Gasteiger partial charge in [0, 0.05) is 6.04 Å². The van der Waals surface area contributed by atoms with Gasteiger partial charge in [0.05, 0.1) is 6.54 Å². The van der Waals surface area contributed by atoms with Crippen molar-refractivity contribution in [1.82, 2.24) is 4.90 Å². The van der Waals surface area contributed by atoms with Crippen LogP contribution in [0.2, 0.25) is 0 Å². The maximum Gasteiger partial charge on any atom is 0.231 e. The molecule has 1 amide bonds. The molecule has 13 heavy (non-hydrogen) atoms. The number of nitrogens with zero attached hydrogens (tertiary/aromatic N) is 1. The van der Waals surface area contributed by atoms with Crippen molar-refractivity contribution in [3.63, 3.8) is 0 Å². The summed E-state index contributed by atoms with van der Waals surface area (Å²) in [4.78, 5) is 13.1. The Balaban J connectivity index is 1.94. The van der Waals surface area contributed by atoms with Gasteiger partial charge in [-0.15, -0.1) is 0 Å². The molecule has 2 fully saturated rings. The summed E-state index contributed by atoms with van der Waals surface area (Å²) < 4.78 is 0. The van der Waals surface area contributed by atoms with Crippen LogP contribution in [0.4, 0.5) is 0 Å². The Morgan fingerprint density at radius 3 is 2.85 bits per heavy atom. The molecule has 0 bridgehead atoms. The molecule has 1 heterocycles. The number of hydrogen-bond acceptors (Lipinski definition) is 2. The lowest BCUT2D eigenvalue weighted by Crippen LogP contribution is -2.40. The summed E-state index contributed by atoms with van der Waals surface area (Å²) in [6.07, 6.45) is 6.62. The van der Waals surface area contributed by atoms with Gasteiger partial charge in [-0.1, -0.05) is 12.8 Å². The number of amides is 1. The molecule has 2 rings (SSSR count). The molecule has 2 N–H and O–H groups in total. The van der Waals surface area contributed by atoms with E-state index in [0.717, 1.165) is 12.5 Å². The SMILES string of the molecule is NC(=O)CN1CCC2CCCCC21. The van der Waals surface area contributed by atoms with Crippen molar-refractivity contribution in [3.05, 3.63) is 0 Å². The molecule has 0 radical (unpaired) electrons. The van der Waals surface area contributed by atoms with Crippen LogP contribution in [0.5, 0.6) is 0 Å². The molecule has 2 aliphatic rings. The molecule has 0 spiro atoms. The number of hydrogen-bond donors (Lipinski definition) is 1. The summed E-state index contributed by atoms with van der Waals surface area (Å²) in [6, 6.07) is 0.668. The lowest BCUT2D eigenvalue weighted by molar-refractivity contribution is -0.119. The zero-order valence-electron chi connectivity index (χ0n) is 8.04. The first-order valence-electron chi connectivity index (χ1n) is 5.30. The smallest absolute Gasteiger partial charge is 0.231 e. The molecule has 2 atom stereocenters. The minimum absolute atomic E-state index is 0.175. The van der Waals surface area contributed by atoms with Crippen molar-refractivity contribution in [2.75, 3.05) is 13.1 Å². The van der Waals surface area contributed by atoms with Gasteiger partial charge in [0.25, 0.3) is 0 Å². The number of carbonyl (C=O) groups excluding carboxylic acids is 1. The largest absolute Gasteiger partial charge is 0.369 e. The van der Waals surface area contributed by atoms with Crippen LogP contribution in [-0.2, 0) is 4.79 Å². The first-order chi connectivity index (χ1) is 6.27. The number of likely N-dealkylation sites (tertiary alicyclic amines) is 1. The summed E-state index contributed by atoms with van der Waals surface area (Å²) in [6.45, 7) is 1.56. The monoisotopic (exact) mass is 182 g/mol. The highest BCUT2D eigenvalue weighted by atomic mass is 16.1. The normalized spacial score (nSPS) is 34.5. The van der Waals surface area contributed by atoms with E-state index in [1.54, 1.807) is 0 Å². The van der Waals surface area contributed by atoms with Gasteiger partial charge in [-0.25, -0.2) is 0 Å². The second-order valence-electron chi connectivity index (χ2n) is 4.34. The Morgan fingerprint density at radius 1 is 1.31 bits per heavy atom. The average molecular weight is 182 g/mol. The van der Waals surface area contributed by atoms with Crippen LogP contribution >= 0.6 is 0 Å². The molecule has 0 aromatic heterocycles. The Bertz CT molecular complexity index is 205. The van der Waals surface area contributed by atoms with Crippen LogP contribution in [0.1, 0.15) is 32.1 Å². The van der Waals surface area contributed by atoms with Gasteiger partial charge in [-0.05, 0) is 31.7 Å². The molecule has 3 nitrogen and oxygen atoms in total. The molecule has 1 saturated heterocycles. The predicted octanol–water partition coefficient (Wildman–Crippen LogP) is 0.736. The van der Waals surface area contributed by atoms with Crippen molar-refractivity contribution >= 4 is 5.91 Å². The molecular weight excluding hydrogens is 164 g/mol. The average Bonchev–Trinajstić information content (AvgIpc) is 2.48. The zero-order chi connectivity index (χ0) is 9.26. The summed E-state index contributed by atoms with van der Waals surface area (Å²) >= 11 is 0. The van der Waals surface area contributed by atoms with Crippen LogP contribution in [-0.4, -0.2) is 29.9 Å². The summed E-state index contributed by atoms with van der Waals surface area (Å²) in [5.74, 6) is 0.680. The molecule has 1 aliphatic heterocycles. The topological polar surface area (TPSA) is 46.3 Å². The fraction of sp³-hybridized carbons (Fsp3) is 0.900. The molecule has 1 aliphatic carbocycles. The summed E-state index contributed by atoms with van der Waals surface area (Å²) in [5.41, 5.74) is 5.21. The number of primary amides is 1. The standard InChI is InChI=1S/C10H18N2O/c11-10(13)7-12-6-5-8-3-1-2-4-9(8)12/h8-9H,1-7H2,(H2,11,13). The third-order valence-corrected chi connectivity index (χ3v) is 3.48. The first kappa shape index (κ1) is 9.00. The third-order valence-electron chi connectivity index (χ3n) is 3.48. The number of rotatable bonds is 2. The first-order valence-corrected chi connectivity index (χ1v) is 5.30. The van der Waals surface area contributed by atoms with E-state index in [-0.39, 0.29) is 5.91 Å². The van der Waals surface area contributed by atoms with E-state index in [2.05, 4.69) is 4.90 Å². The van der Waals surface area contributed by atoms with Gasteiger partial charge in [-0.3, -0.25) is 9.69 Å². The molecular formula is C10H18N2O. The van der Waals surface area contributed by atoms with Crippen molar-refractivity contribution in [1.29, 1.82) is 0 Å². The Hall–Kier alpha value is -0.570. The molecule has 74 valence electrons. The van der Waals surface area contributed by atoms with E-state index >= 15 is 0 Å². The predicted molar refractivity (Wildman–Crippen MR) is 51.1 cm³/mol. The maximum atomic E-state index is 10.8. The molecule has 1 saturated carbocycles. The second-order valence-corrected chi connectivity index (χ2v) is 4.34. The van der Waals surface area contributed by atoms with E-state index in [9.17, 15) is 4.79 Å². The van der Waals surface area contributed by atoms with E-state index in [1.165, 1.54) is 32.1 Å². The number of nitrogens with two attached hydrogens (primary N) is 1. The fourth-order valence-electron chi connectivity index (χ4n) is 2.90. The lowest BCUT2D eigenvalue weighted by Gasteiger charge is -2.30. The van der Waals surface area contributed by atoms with Crippen LogP contribution in [0, 0.1) is 5.92 Å². The summed E-state index contributed by atoms with van der Waals surface area (Å²) in [7, 11) is 0. The highest BCUT2D eigenvalue weighted by molar-refractivity contribution is 5.76. The molecule has 0 aromatic rings. The third kappa shape index (κ3) is 1.85. The maximum absolute atomic E-state index is 10.8. The highest BCUT2D eigenvalue weighted by Gasteiger charge is 2.35. The molecule has 3 heteroatoms. The van der Waals surface area contributed by atoms with Crippen molar-refractivity contribution in [2.24, 2.45) is 11.7 Å². The van der Waals surface area contributed by atoms with Crippen molar-refractivity contribution in [3.8, 4) is 0 Å².